The van der Waals surface area contributed by atoms with E-state index in [1.54, 1.807) is 6.92 Å². The normalized spacial score (nSPS) is 14.0. The standard InChI is InChI=1S/C26H27N3O6/c1-15-12-20(24(27)22(13-15)29(33)34)25(31)23(30)10-11-28-26(32)35-14-21-18-8-4-2-6-16(18)17-7-3-5-9-19(17)21/h2-9,12-13,21,23,25,30-31H,10-11,14,27H2,1H3,(H,28,32). The summed E-state index contributed by atoms with van der Waals surface area (Å²) in [6.07, 6.45) is -3.39. The molecular formula is C26H27N3O6. The van der Waals surface area contributed by atoms with Crippen molar-refractivity contribution < 1.29 is 24.7 Å². The highest BCUT2D eigenvalue weighted by Gasteiger charge is 2.29. The van der Waals surface area contributed by atoms with Crippen molar-refractivity contribution in [2.45, 2.75) is 31.5 Å². The number of nitrogens with two attached hydrogens (primary N) is 1. The van der Waals surface area contributed by atoms with Gasteiger partial charge in [0.15, 0.2) is 0 Å². The number of nitrogen functional groups attached to an aromatic ring is 1. The van der Waals surface area contributed by atoms with E-state index in [4.69, 9.17) is 10.5 Å². The van der Waals surface area contributed by atoms with E-state index in [-0.39, 0.29) is 42.4 Å². The number of aliphatic hydroxyl groups is 2. The largest absolute Gasteiger partial charge is 0.449 e. The van der Waals surface area contributed by atoms with Gasteiger partial charge in [0, 0.05) is 24.1 Å². The van der Waals surface area contributed by atoms with Gasteiger partial charge in [0.1, 0.15) is 18.4 Å². The Morgan fingerprint density at radius 3 is 2.31 bits per heavy atom. The predicted octanol–water partition coefficient (Wildman–Crippen LogP) is 3.81. The van der Waals surface area contributed by atoms with Crippen LogP contribution in [0.5, 0.6) is 0 Å². The number of aryl methyl sites for hydroxylation is 1. The van der Waals surface area contributed by atoms with Crippen LogP contribution in [0.2, 0.25) is 0 Å². The molecule has 5 N–H and O–H groups in total. The van der Waals surface area contributed by atoms with Crippen LogP contribution < -0.4 is 11.1 Å². The van der Waals surface area contributed by atoms with Crippen molar-refractivity contribution in [1.29, 1.82) is 0 Å². The van der Waals surface area contributed by atoms with E-state index in [1.807, 2.05) is 36.4 Å². The van der Waals surface area contributed by atoms with Crippen molar-refractivity contribution in [2.24, 2.45) is 0 Å². The Kier molecular flexibility index (Phi) is 6.99. The average molecular weight is 478 g/mol. The molecule has 9 heteroatoms. The molecule has 0 aromatic heterocycles. The molecule has 9 nitrogen and oxygen atoms in total. The van der Waals surface area contributed by atoms with Crippen molar-refractivity contribution in [3.8, 4) is 11.1 Å². The number of nitro groups is 1. The number of hydrogen-bond donors (Lipinski definition) is 4. The number of carbonyl (C=O) groups is 1. The summed E-state index contributed by atoms with van der Waals surface area (Å²) >= 11 is 0. The second-order valence-corrected chi connectivity index (χ2v) is 8.60. The summed E-state index contributed by atoms with van der Waals surface area (Å²) in [5.41, 5.74) is 10.4. The number of hydrogen-bond acceptors (Lipinski definition) is 7. The van der Waals surface area contributed by atoms with Crippen LogP contribution in [0.4, 0.5) is 16.2 Å². The molecule has 0 spiro atoms. The van der Waals surface area contributed by atoms with E-state index in [9.17, 15) is 25.1 Å². The fraction of sp³-hybridized carbons (Fsp3) is 0.269. The van der Waals surface area contributed by atoms with Gasteiger partial charge >= 0.3 is 6.09 Å². The third kappa shape index (κ3) is 4.96. The number of carbonyl (C=O) groups excluding carboxylic acids is 1. The number of anilines is 1. The maximum atomic E-state index is 12.3. The lowest BCUT2D eigenvalue weighted by Gasteiger charge is -2.20. The van der Waals surface area contributed by atoms with Crippen LogP contribution in [0.25, 0.3) is 11.1 Å². The summed E-state index contributed by atoms with van der Waals surface area (Å²) in [5, 5.41) is 34.6. The lowest BCUT2D eigenvalue weighted by molar-refractivity contribution is -0.384. The van der Waals surface area contributed by atoms with E-state index < -0.39 is 23.2 Å². The summed E-state index contributed by atoms with van der Waals surface area (Å²) in [6, 6.07) is 18.8. The van der Waals surface area contributed by atoms with Gasteiger partial charge in [-0.25, -0.2) is 4.79 Å². The topological polar surface area (TPSA) is 148 Å². The number of nitrogens with one attached hydrogen (secondary N) is 1. The van der Waals surface area contributed by atoms with Gasteiger partial charge in [0.05, 0.1) is 11.0 Å². The molecule has 2 atom stereocenters. The second-order valence-electron chi connectivity index (χ2n) is 8.60. The maximum absolute atomic E-state index is 12.3. The first-order valence-electron chi connectivity index (χ1n) is 11.3. The van der Waals surface area contributed by atoms with Crippen molar-refractivity contribution >= 4 is 17.5 Å². The fourth-order valence-corrected chi connectivity index (χ4v) is 4.54. The van der Waals surface area contributed by atoms with Crippen LogP contribution in [0.15, 0.2) is 60.7 Å². The molecule has 2 unspecified atom stereocenters. The lowest BCUT2D eigenvalue weighted by atomic mass is 9.97. The molecule has 0 saturated carbocycles. The third-order valence-corrected chi connectivity index (χ3v) is 6.27. The summed E-state index contributed by atoms with van der Waals surface area (Å²) in [5.74, 6) is -0.0688. The van der Waals surface area contributed by atoms with Crippen LogP contribution in [-0.2, 0) is 4.74 Å². The number of aliphatic hydroxyl groups excluding tert-OH is 2. The van der Waals surface area contributed by atoms with Gasteiger partial charge in [-0.3, -0.25) is 10.1 Å². The number of ether oxygens (including phenoxy) is 1. The van der Waals surface area contributed by atoms with E-state index >= 15 is 0 Å². The summed E-state index contributed by atoms with van der Waals surface area (Å²) in [7, 11) is 0. The molecule has 0 heterocycles. The lowest BCUT2D eigenvalue weighted by Crippen LogP contribution is -2.31. The first-order valence-corrected chi connectivity index (χ1v) is 11.3. The van der Waals surface area contributed by atoms with Crippen LogP contribution >= 0.6 is 0 Å². The number of alkyl carbamates (subject to hydrolysis) is 1. The number of nitrogens with zero attached hydrogens (tertiary/aromatic N) is 1. The Hall–Kier alpha value is -3.95. The summed E-state index contributed by atoms with van der Waals surface area (Å²) in [6.45, 7) is 1.82. The highest BCUT2D eigenvalue weighted by Crippen LogP contribution is 2.44. The highest BCUT2D eigenvalue weighted by atomic mass is 16.6. The Bertz CT molecular complexity index is 1220. The highest BCUT2D eigenvalue weighted by molar-refractivity contribution is 5.79. The minimum atomic E-state index is -1.45. The third-order valence-electron chi connectivity index (χ3n) is 6.27. The smallest absolute Gasteiger partial charge is 0.407 e. The van der Waals surface area contributed by atoms with Gasteiger partial charge in [-0.15, -0.1) is 0 Å². The van der Waals surface area contributed by atoms with E-state index in [1.165, 1.54) is 12.1 Å². The molecule has 3 aromatic rings. The molecule has 3 aromatic carbocycles. The minimum Gasteiger partial charge on any atom is -0.449 e. The monoisotopic (exact) mass is 477 g/mol. The van der Waals surface area contributed by atoms with Crippen molar-refractivity contribution in [3.63, 3.8) is 0 Å². The number of rotatable bonds is 8. The van der Waals surface area contributed by atoms with Crippen LogP contribution in [0.1, 0.15) is 40.7 Å². The SMILES string of the molecule is Cc1cc(C(O)C(O)CCNC(=O)OCC2c3ccccc3-c3ccccc32)c(N)c([N+](=O)[O-])c1. The summed E-state index contributed by atoms with van der Waals surface area (Å²) < 4.78 is 5.45. The first-order chi connectivity index (χ1) is 16.8. The molecule has 0 radical (unpaired) electrons. The number of amides is 1. The zero-order valence-corrected chi connectivity index (χ0v) is 19.2. The van der Waals surface area contributed by atoms with E-state index in [0.717, 1.165) is 22.3 Å². The predicted molar refractivity (Wildman–Crippen MR) is 131 cm³/mol. The Labute approximate surface area is 202 Å². The van der Waals surface area contributed by atoms with Crippen molar-refractivity contribution in [1.82, 2.24) is 5.32 Å². The number of nitro benzene ring substituents is 1. The number of fused-ring (bicyclic) bond motifs is 3. The van der Waals surface area contributed by atoms with Crippen LogP contribution in [0, 0.1) is 17.0 Å². The first kappa shape index (κ1) is 24.2. The molecule has 0 saturated heterocycles. The number of benzene rings is 3. The molecule has 1 amide bonds. The van der Waals surface area contributed by atoms with Crippen molar-refractivity contribution in [2.75, 3.05) is 18.9 Å². The molecule has 182 valence electrons. The Morgan fingerprint density at radius 2 is 1.71 bits per heavy atom. The summed E-state index contributed by atoms with van der Waals surface area (Å²) in [4.78, 5) is 22.8. The van der Waals surface area contributed by atoms with Gasteiger partial charge in [0.25, 0.3) is 5.69 Å². The van der Waals surface area contributed by atoms with E-state index in [2.05, 4.69) is 17.4 Å². The average Bonchev–Trinajstić information content (AvgIpc) is 3.17. The second kappa shape index (κ2) is 10.1. The molecule has 1 aliphatic rings. The molecule has 0 bridgehead atoms. The zero-order chi connectivity index (χ0) is 25.1. The molecule has 1 aliphatic carbocycles. The van der Waals surface area contributed by atoms with Crippen LogP contribution in [0.3, 0.4) is 0 Å². The van der Waals surface area contributed by atoms with Gasteiger partial charge in [-0.1, -0.05) is 54.6 Å². The van der Waals surface area contributed by atoms with Gasteiger partial charge < -0.3 is 26.0 Å². The quantitative estimate of drug-likeness (QED) is 0.219. The molecule has 0 aliphatic heterocycles. The van der Waals surface area contributed by atoms with Gasteiger partial charge in [0.2, 0.25) is 0 Å². The zero-order valence-electron chi connectivity index (χ0n) is 19.2. The molecule has 35 heavy (non-hydrogen) atoms. The van der Waals surface area contributed by atoms with Gasteiger partial charge in [-0.05, 0) is 41.2 Å². The Balaban J connectivity index is 1.31. The fourth-order valence-electron chi connectivity index (χ4n) is 4.54. The Morgan fingerprint density at radius 1 is 1.11 bits per heavy atom. The maximum Gasteiger partial charge on any atom is 0.407 e. The molecule has 0 fully saturated rings. The van der Waals surface area contributed by atoms with Gasteiger partial charge in [-0.2, -0.15) is 0 Å². The minimum absolute atomic E-state index is 0.00740. The van der Waals surface area contributed by atoms with Crippen molar-refractivity contribution in [3.05, 3.63) is 93.0 Å². The van der Waals surface area contributed by atoms with E-state index in [0.29, 0.717) is 5.56 Å². The molecular weight excluding hydrogens is 450 g/mol. The van der Waals surface area contributed by atoms with Crippen LogP contribution in [-0.4, -0.2) is 40.5 Å². The molecule has 4 rings (SSSR count).